The first-order chi connectivity index (χ1) is 19.4. The second-order valence-corrected chi connectivity index (χ2v) is 12.7. The van der Waals surface area contributed by atoms with Gasteiger partial charge in [0.2, 0.25) is 0 Å². The Kier molecular flexibility index (Phi) is 14.7. The molecule has 4 unspecified atom stereocenters. The lowest BCUT2D eigenvalue weighted by molar-refractivity contribution is 0.105. The maximum Gasteiger partial charge on any atom is 0.130 e. The van der Waals surface area contributed by atoms with E-state index in [1.54, 1.807) is 6.08 Å². The second-order valence-electron chi connectivity index (χ2n) is 10.7. The lowest BCUT2D eigenvalue weighted by Crippen LogP contribution is -2.51. The Morgan fingerprint density at radius 1 is 1.15 bits per heavy atom. The number of piperazine rings is 1. The standard InChI is InChI=1S/C32H51ClN5OP/c1-5-8-12-28-24-34-31(35-32(28)38-22-23-40-25-38)16-17-36-18-20-37(21-19-36)30(15-10-14-29(39)7-3)27(6-2)13-9-11-26(4)33/h5-12,14,26,30-31,34,39-40H,13,15-25H2,1-4H3/b8-5-,11-9-,14-10-,27-6+,28-12+,29-7+. The molecule has 2 saturated heterocycles. The van der Waals surface area contributed by atoms with E-state index in [1.807, 2.05) is 19.9 Å². The van der Waals surface area contributed by atoms with Crippen molar-refractivity contribution in [2.75, 3.05) is 58.3 Å². The highest BCUT2D eigenvalue weighted by atomic mass is 35.5. The van der Waals surface area contributed by atoms with Gasteiger partial charge in [-0.1, -0.05) is 56.7 Å². The van der Waals surface area contributed by atoms with Gasteiger partial charge < -0.3 is 14.9 Å². The highest BCUT2D eigenvalue weighted by molar-refractivity contribution is 7.38. The van der Waals surface area contributed by atoms with Gasteiger partial charge in [0.05, 0.1) is 0 Å². The van der Waals surface area contributed by atoms with Gasteiger partial charge in [0.15, 0.2) is 0 Å². The van der Waals surface area contributed by atoms with Crippen LogP contribution in [0.1, 0.15) is 47.0 Å². The van der Waals surface area contributed by atoms with Crippen LogP contribution in [0.5, 0.6) is 0 Å². The molecule has 2 N–H and O–H groups in total. The number of hydrogen-bond donors (Lipinski definition) is 2. The van der Waals surface area contributed by atoms with Crippen LogP contribution in [0.4, 0.5) is 0 Å². The zero-order valence-electron chi connectivity index (χ0n) is 25.0. The van der Waals surface area contributed by atoms with Crippen LogP contribution in [-0.4, -0.2) is 101 Å². The molecule has 3 rings (SSSR count). The maximum absolute atomic E-state index is 9.90. The van der Waals surface area contributed by atoms with E-state index in [0.29, 0.717) is 11.8 Å². The average Bonchev–Trinajstić information content (AvgIpc) is 3.51. The van der Waals surface area contributed by atoms with Crippen molar-refractivity contribution in [3.63, 3.8) is 0 Å². The van der Waals surface area contributed by atoms with Gasteiger partial charge in [0.25, 0.3) is 0 Å². The fourth-order valence-corrected chi connectivity index (χ4v) is 6.73. The molecule has 222 valence electrons. The van der Waals surface area contributed by atoms with Crippen LogP contribution in [0.25, 0.3) is 0 Å². The predicted octanol–water partition coefficient (Wildman–Crippen LogP) is 6.07. The van der Waals surface area contributed by atoms with Crippen molar-refractivity contribution in [3.05, 3.63) is 71.6 Å². The van der Waals surface area contributed by atoms with E-state index in [9.17, 15) is 5.11 Å². The van der Waals surface area contributed by atoms with Crippen molar-refractivity contribution < 1.29 is 5.11 Å². The summed E-state index contributed by atoms with van der Waals surface area (Å²) in [7, 11) is 1.02. The van der Waals surface area contributed by atoms with E-state index in [0.717, 1.165) is 79.9 Å². The summed E-state index contributed by atoms with van der Waals surface area (Å²) in [5.41, 5.74) is 2.72. The van der Waals surface area contributed by atoms with Gasteiger partial charge in [0, 0.05) is 69.1 Å². The minimum Gasteiger partial charge on any atom is -0.508 e. The van der Waals surface area contributed by atoms with Crippen molar-refractivity contribution in [1.82, 2.24) is 20.0 Å². The molecule has 6 nitrogen and oxygen atoms in total. The second kappa shape index (κ2) is 18.0. The van der Waals surface area contributed by atoms with Gasteiger partial charge in [-0.3, -0.25) is 10.2 Å². The molecule has 3 aliphatic rings. The fourth-order valence-electron chi connectivity index (χ4n) is 5.46. The van der Waals surface area contributed by atoms with Gasteiger partial charge in [-0.2, -0.15) is 0 Å². The molecule has 8 heteroatoms. The first-order valence-corrected chi connectivity index (χ1v) is 16.8. The summed E-state index contributed by atoms with van der Waals surface area (Å²) in [6.45, 7) is 15.3. The van der Waals surface area contributed by atoms with E-state index in [-0.39, 0.29) is 11.5 Å². The van der Waals surface area contributed by atoms with Crippen LogP contribution < -0.4 is 5.32 Å². The third kappa shape index (κ3) is 10.6. The number of nitrogens with zero attached hydrogens (tertiary/aromatic N) is 4. The topological polar surface area (TPSA) is 54.3 Å². The molecule has 0 aromatic heterocycles. The van der Waals surface area contributed by atoms with Crippen molar-refractivity contribution >= 4 is 26.0 Å². The lowest BCUT2D eigenvalue weighted by Gasteiger charge is -2.40. The molecule has 40 heavy (non-hydrogen) atoms. The van der Waals surface area contributed by atoms with Crippen molar-refractivity contribution in [1.29, 1.82) is 0 Å². The number of hydrogen-bond acceptors (Lipinski definition) is 6. The van der Waals surface area contributed by atoms with Gasteiger partial charge >= 0.3 is 0 Å². The van der Waals surface area contributed by atoms with Gasteiger partial charge in [-0.05, 0) is 65.3 Å². The zero-order chi connectivity index (χ0) is 28.7. The molecule has 3 heterocycles. The van der Waals surface area contributed by atoms with Crippen molar-refractivity contribution in [2.24, 2.45) is 4.99 Å². The molecule has 0 saturated carbocycles. The van der Waals surface area contributed by atoms with Crippen molar-refractivity contribution in [2.45, 2.75) is 64.5 Å². The molecular formula is C32H51ClN5OP. The number of alkyl halides is 1. The normalized spacial score (nSPS) is 25.7. The molecule has 0 spiro atoms. The van der Waals surface area contributed by atoms with E-state index in [4.69, 9.17) is 16.6 Å². The Hall–Kier alpha value is -1.69. The molecule has 0 aromatic carbocycles. The molecule has 0 amide bonds. The maximum atomic E-state index is 9.90. The first kappa shape index (κ1) is 32.8. The summed E-state index contributed by atoms with van der Waals surface area (Å²) in [4.78, 5) is 12.9. The number of aliphatic hydroxyl groups excluding tert-OH is 1. The first-order valence-electron chi connectivity index (χ1n) is 15.0. The van der Waals surface area contributed by atoms with Gasteiger partial charge in [-0.15, -0.1) is 11.6 Å². The average molecular weight is 588 g/mol. The summed E-state index contributed by atoms with van der Waals surface area (Å²) in [5, 5.41) is 13.6. The number of aliphatic imine (C=N–C) groups is 1. The van der Waals surface area contributed by atoms with E-state index in [1.165, 1.54) is 23.1 Å². The lowest BCUT2D eigenvalue weighted by atomic mass is 9.97. The number of nitrogens with one attached hydrogen (secondary N) is 1. The van der Waals surface area contributed by atoms with Gasteiger partial charge in [0.1, 0.15) is 17.8 Å². The quantitative estimate of drug-likeness (QED) is 0.0954. The summed E-state index contributed by atoms with van der Waals surface area (Å²) >= 11 is 6.15. The SMILES string of the molecule is C/C=C\C=C1/CNC(CCN2CCN(C(C/C=C\C(O)=C/C)/C(=C/C)C/C=C\C(C)Cl)CC2)N=C1N1CCPC1. The van der Waals surface area contributed by atoms with Crippen LogP contribution in [0, 0.1) is 0 Å². The molecule has 3 aliphatic heterocycles. The van der Waals surface area contributed by atoms with Crippen LogP contribution in [-0.2, 0) is 0 Å². The minimum absolute atomic E-state index is 0.0391. The highest BCUT2D eigenvalue weighted by Crippen LogP contribution is 2.25. The van der Waals surface area contributed by atoms with Crippen LogP contribution in [0.15, 0.2) is 76.6 Å². The molecule has 0 aromatic rings. The summed E-state index contributed by atoms with van der Waals surface area (Å²) in [6, 6.07) is 0.319. The smallest absolute Gasteiger partial charge is 0.130 e. The van der Waals surface area contributed by atoms with E-state index < -0.39 is 0 Å². The highest BCUT2D eigenvalue weighted by Gasteiger charge is 2.27. The molecule has 4 atom stereocenters. The number of allylic oxidation sites excluding steroid dienone is 8. The molecule has 0 bridgehead atoms. The van der Waals surface area contributed by atoms with E-state index >= 15 is 0 Å². The summed E-state index contributed by atoms with van der Waals surface area (Å²) < 4.78 is 0. The number of amidine groups is 1. The molecule has 0 aliphatic carbocycles. The van der Waals surface area contributed by atoms with Crippen LogP contribution in [0.2, 0.25) is 0 Å². The van der Waals surface area contributed by atoms with Crippen molar-refractivity contribution in [3.8, 4) is 0 Å². The molecular weight excluding hydrogens is 537 g/mol. The Morgan fingerprint density at radius 2 is 1.95 bits per heavy atom. The molecule has 0 radical (unpaired) electrons. The monoisotopic (exact) mass is 587 g/mol. The Labute approximate surface area is 250 Å². The predicted molar refractivity (Wildman–Crippen MR) is 176 cm³/mol. The minimum atomic E-state index is 0.0391. The summed E-state index contributed by atoms with van der Waals surface area (Å²) in [5.74, 6) is 1.53. The number of rotatable bonds is 12. The van der Waals surface area contributed by atoms with E-state index in [2.05, 4.69) is 76.4 Å². The fraction of sp³-hybridized carbons (Fsp3) is 0.594. The Morgan fingerprint density at radius 3 is 2.60 bits per heavy atom. The third-order valence-electron chi connectivity index (χ3n) is 7.81. The number of halogens is 1. The Balaban J connectivity index is 1.58. The molecule has 2 fully saturated rings. The van der Waals surface area contributed by atoms with Crippen LogP contribution in [0.3, 0.4) is 0 Å². The van der Waals surface area contributed by atoms with Gasteiger partial charge in [-0.25, -0.2) is 4.99 Å². The van der Waals surface area contributed by atoms with Crippen LogP contribution >= 0.6 is 20.2 Å². The number of aliphatic hydroxyl groups is 1. The Bertz CT molecular complexity index is 985. The zero-order valence-corrected chi connectivity index (χ0v) is 26.8. The third-order valence-corrected chi connectivity index (χ3v) is 9.14. The summed E-state index contributed by atoms with van der Waals surface area (Å²) in [6.07, 6.45) is 24.1. The largest absolute Gasteiger partial charge is 0.508 e.